The van der Waals surface area contributed by atoms with Crippen LogP contribution in [0, 0.1) is 5.82 Å². The molecule has 2 aromatic carbocycles. The van der Waals surface area contributed by atoms with Gasteiger partial charge in [0, 0.05) is 18.0 Å². The van der Waals surface area contributed by atoms with Gasteiger partial charge in [-0.05, 0) is 23.4 Å². The van der Waals surface area contributed by atoms with E-state index in [0.29, 0.717) is 34.9 Å². The Bertz CT molecular complexity index is 826. The van der Waals surface area contributed by atoms with Gasteiger partial charge in [-0.15, -0.1) is 0 Å². The summed E-state index contributed by atoms with van der Waals surface area (Å²) in [4.78, 5) is 7.81. The molecule has 6 heteroatoms. The molecule has 0 amide bonds. The molecule has 1 heterocycles. The summed E-state index contributed by atoms with van der Waals surface area (Å²) in [6, 6.07) is 10.4. The number of phenols is 1. The number of nitrogens with one attached hydrogen (secondary N) is 1. The number of nitrogens with zero attached hydrogens (tertiary/aromatic N) is 2. The molecule has 0 saturated carbocycles. The molecular formula is C16H13ClFN3O. The summed E-state index contributed by atoms with van der Waals surface area (Å²) >= 11 is 5.77. The summed E-state index contributed by atoms with van der Waals surface area (Å²) in [5.41, 5.74) is 0.545. The van der Waals surface area contributed by atoms with Crippen molar-refractivity contribution in [3.8, 4) is 5.75 Å². The van der Waals surface area contributed by atoms with Gasteiger partial charge < -0.3 is 10.4 Å². The van der Waals surface area contributed by atoms with Gasteiger partial charge in [0.05, 0.1) is 0 Å². The van der Waals surface area contributed by atoms with Gasteiger partial charge in [-0.1, -0.05) is 35.9 Å². The van der Waals surface area contributed by atoms with Gasteiger partial charge in [-0.25, -0.2) is 14.4 Å². The molecule has 0 aliphatic carbocycles. The van der Waals surface area contributed by atoms with E-state index in [1.54, 1.807) is 24.3 Å². The summed E-state index contributed by atoms with van der Waals surface area (Å²) in [7, 11) is 0. The molecule has 4 nitrogen and oxygen atoms in total. The van der Waals surface area contributed by atoms with Gasteiger partial charge in [0.15, 0.2) is 11.6 Å². The number of benzene rings is 2. The normalized spacial score (nSPS) is 10.8. The summed E-state index contributed by atoms with van der Waals surface area (Å²) < 4.78 is 14.2. The molecule has 0 bridgehead atoms. The lowest BCUT2D eigenvalue weighted by molar-refractivity contribution is 0.430. The minimum Gasteiger partial charge on any atom is -0.505 e. The van der Waals surface area contributed by atoms with E-state index in [2.05, 4.69) is 15.3 Å². The molecule has 0 atom stereocenters. The fourth-order valence-corrected chi connectivity index (χ4v) is 2.44. The SMILES string of the molecule is Oc1c(CCNc2cc(Cl)ncn2)cc2ccccc2c1F. The lowest BCUT2D eigenvalue weighted by Crippen LogP contribution is -2.07. The molecule has 0 spiro atoms. The first-order chi connectivity index (χ1) is 10.6. The smallest absolute Gasteiger partial charge is 0.172 e. The van der Waals surface area contributed by atoms with Crippen LogP contribution >= 0.6 is 11.6 Å². The minimum atomic E-state index is -0.585. The zero-order valence-corrected chi connectivity index (χ0v) is 12.3. The van der Waals surface area contributed by atoms with Crippen LogP contribution in [0.2, 0.25) is 5.15 Å². The Labute approximate surface area is 131 Å². The summed E-state index contributed by atoms with van der Waals surface area (Å²) in [6.07, 6.45) is 1.81. The van der Waals surface area contributed by atoms with Crippen LogP contribution < -0.4 is 5.32 Å². The van der Waals surface area contributed by atoms with Crippen LogP contribution in [-0.4, -0.2) is 21.6 Å². The van der Waals surface area contributed by atoms with Crippen LogP contribution in [0.3, 0.4) is 0 Å². The van der Waals surface area contributed by atoms with E-state index in [4.69, 9.17) is 11.6 Å². The fourth-order valence-electron chi connectivity index (χ4n) is 2.29. The van der Waals surface area contributed by atoms with Crippen molar-refractivity contribution >= 4 is 28.2 Å². The number of anilines is 1. The summed E-state index contributed by atoms with van der Waals surface area (Å²) in [5, 5.41) is 14.6. The molecule has 0 aliphatic rings. The number of halogens is 2. The maximum absolute atomic E-state index is 14.2. The molecule has 0 fully saturated rings. The zero-order valence-electron chi connectivity index (χ0n) is 11.6. The van der Waals surface area contributed by atoms with Gasteiger partial charge in [-0.2, -0.15) is 0 Å². The average Bonchev–Trinajstić information content (AvgIpc) is 2.52. The average molecular weight is 318 g/mol. The monoisotopic (exact) mass is 317 g/mol. The van der Waals surface area contributed by atoms with E-state index in [-0.39, 0.29) is 5.75 Å². The third-order valence-corrected chi connectivity index (χ3v) is 3.58. The number of hydrogen-bond acceptors (Lipinski definition) is 4. The van der Waals surface area contributed by atoms with E-state index in [9.17, 15) is 9.50 Å². The second-order valence-electron chi connectivity index (χ2n) is 4.82. The molecule has 112 valence electrons. The van der Waals surface area contributed by atoms with Crippen molar-refractivity contribution in [1.82, 2.24) is 9.97 Å². The first kappa shape index (κ1) is 14.5. The van der Waals surface area contributed by atoms with Crippen molar-refractivity contribution in [2.24, 2.45) is 0 Å². The molecular weight excluding hydrogens is 305 g/mol. The first-order valence-electron chi connectivity index (χ1n) is 6.75. The standard InChI is InChI=1S/C16H13ClFN3O/c17-13-8-14(21-9-20-13)19-6-5-11-7-10-3-1-2-4-12(10)15(18)16(11)22/h1-4,7-9,22H,5-6H2,(H,19,20,21). The maximum Gasteiger partial charge on any atom is 0.172 e. The predicted molar refractivity (Wildman–Crippen MR) is 84.8 cm³/mol. The molecule has 3 aromatic rings. The van der Waals surface area contributed by atoms with Crippen molar-refractivity contribution in [2.75, 3.05) is 11.9 Å². The topological polar surface area (TPSA) is 58.0 Å². The molecule has 2 N–H and O–H groups in total. The molecule has 0 unspecified atom stereocenters. The second-order valence-corrected chi connectivity index (χ2v) is 5.21. The first-order valence-corrected chi connectivity index (χ1v) is 7.13. The van der Waals surface area contributed by atoms with Gasteiger partial charge in [0.25, 0.3) is 0 Å². The fraction of sp³-hybridized carbons (Fsp3) is 0.125. The molecule has 0 aliphatic heterocycles. The minimum absolute atomic E-state index is 0.304. The van der Waals surface area contributed by atoms with Gasteiger partial charge in [-0.3, -0.25) is 0 Å². The van der Waals surface area contributed by atoms with E-state index in [0.717, 1.165) is 5.39 Å². The van der Waals surface area contributed by atoms with E-state index >= 15 is 0 Å². The Hall–Kier alpha value is -2.40. The summed E-state index contributed by atoms with van der Waals surface area (Å²) in [6.45, 7) is 0.485. The van der Waals surface area contributed by atoms with Crippen molar-refractivity contribution in [1.29, 1.82) is 0 Å². The number of rotatable bonds is 4. The number of fused-ring (bicyclic) bond motifs is 1. The van der Waals surface area contributed by atoms with Crippen LogP contribution in [0.1, 0.15) is 5.56 Å². The Kier molecular flexibility index (Phi) is 4.06. The quantitative estimate of drug-likeness (QED) is 0.719. The lowest BCUT2D eigenvalue weighted by atomic mass is 10.0. The largest absolute Gasteiger partial charge is 0.505 e. The third kappa shape index (κ3) is 2.94. The van der Waals surface area contributed by atoms with E-state index in [1.807, 2.05) is 12.1 Å². The number of aromatic nitrogens is 2. The van der Waals surface area contributed by atoms with Crippen molar-refractivity contribution < 1.29 is 9.50 Å². The number of aromatic hydroxyl groups is 1. The van der Waals surface area contributed by atoms with Crippen LogP contribution in [0.5, 0.6) is 5.75 Å². The third-order valence-electron chi connectivity index (χ3n) is 3.37. The van der Waals surface area contributed by atoms with E-state index < -0.39 is 5.82 Å². The van der Waals surface area contributed by atoms with Crippen LogP contribution in [0.4, 0.5) is 10.2 Å². The van der Waals surface area contributed by atoms with E-state index in [1.165, 1.54) is 6.33 Å². The Morgan fingerprint density at radius 2 is 2.00 bits per heavy atom. The zero-order chi connectivity index (χ0) is 15.5. The Balaban J connectivity index is 1.78. The molecule has 0 saturated heterocycles. The van der Waals surface area contributed by atoms with Crippen LogP contribution in [0.15, 0.2) is 42.7 Å². The molecule has 0 radical (unpaired) electrons. The predicted octanol–water partition coefficient (Wildman–Crippen LogP) is 3.78. The molecule has 1 aromatic heterocycles. The highest BCUT2D eigenvalue weighted by Gasteiger charge is 2.12. The highest BCUT2D eigenvalue weighted by Crippen LogP contribution is 2.30. The lowest BCUT2D eigenvalue weighted by Gasteiger charge is -2.10. The summed E-state index contributed by atoms with van der Waals surface area (Å²) in [5.74, 6) is -0.305. The van der Waals surface area contributed by atoms with Crippen LogP contribution in [-0.2, 0) is 6.42 Å². The highest BCUT2D eigenvalue weighted by atomic mass is 35.5. The highest BCUT2D eigenvalue weighted by molar-refractivity contribution is 6.29. The van der Waals surface area contributed by atoms with Gasteiger partial charge >= 0.3 is 0 Å². The maximum atomic E-state index is 14.2. The van der Waals surface area contributed by atoms with Crippen molar-refractivity contribution in [3.63, 3.8) is 0 Å². The van der Waals surface area contributed by atoms with Crippen molar-refractivity contribution in [2.45, 2.75) is 6.42 Å². The number of hydrogen-bond donors (Lipinski definition) is 2. The Morgan fingerprint density at radius 3 is 2.82 bits per heavy atom. The van der Waals surface area contributed by atoms with Crippen molar-refractivity contribution in [3.05, 3.63) is 59.3 Å². The molecule has 3 rings (SSSR count). The molecule has 22 heavy (non-hydrogen) atoms. The second kappa shape index (κ2) is 6.15. The van der Waals surface area contributed by atoms with Gasteiger partial charge in [0.2, 0.25) is 0 Å². The van der Waals surface area contributed by atoms with Gasteiger partial charge in [0.1, 0.15) is 17.3 Å². The van der Waals surface area contributed by atoms with Crippen LogP contribution in [0.25, 0.3) is 10.8 Å². The number of phenolic OH excluding ortho intramolecular Hbond substituents is 1. The Morgan fingerprint density at radius 1 is 1.18 bits per heavy atom.